The van der Waals surface area contributed by atoms with Crippen molar-refractivity contribution in [3.63, 3.8) is 0 Å². The fraction of sp³-hybridized carbons (Fsp3) is 0.455. The normalized spacial score (nSPS) is 14.1. The highest BCUT2D eigenvalue weighted by atomic mass is 16.5. The number of aliphatic hydroxyl groups is 2. The molecule has 1 rings (SSSR count). The van der Waals surface area contributed by atoms with Crippen LogP contribution in [0.5, 0.6) is 0 Å². The van der Waals surface area contributed by atoms with Crippen LogP contribution in [-0.2, 0) is 9.53 Å². The van der Waals surface area contributed by atoms with E-state index in [1.165, 1.54) is 12.3 Å². The van der Waals surface area contributed by atoms with Gasteiger partial charge < -0.3 is 19.9 Å². The fourth-order valence-corrected chi connectivity index (χ4v) is 1.33. The lowest BCUT2D eigenvalue weighted by Crippen LogP contribution is -2.30. The number of hydrogen-bond acceptors (Lipinski definition) is 5. The molecule has 0 spiro atoms. The Bertz CT molecular complexity index is 453. The number of carbonyl (C=O) groups is 1. The Balaban J connectivity index is 2.88. The van der Waals surface area contributed by atoms with E-state index >= 15 is 0 Å². The van der Waals surface area contributed by atoms with Gasteiger partial charge in [-0.1, -0.05) is 0 Å². The van der Waals surface area contributed by atoms with E-state index < -0.39 is 18.2 Å². The van der Waals surface area contributed by atoms with Crippen molar-refractivity contribution in [2.45, 2.75) is 26.1 Å². The second-order valence-electron chi connectivity index (χ2n) is 3.59. The van der Waals surface area contributed by atoms with Crippen molar-refractivity contribution in [2.24, 2.45) is 0 Å². The fourth-order valence-electron chi connectivity index (χ4n) is 1.33. The molecule has 0 saturated heterocycles. The molecule has 2 atom stereocenters. The number of aromatic amines is 1. The van der Waals surface area contributed by atoms with Gasteiger partial charge in [0.15, 0.2) is 6.10 Å². The monoisotopic (exact) mass is 241 g/mol. The molecule has 2 unspecified atom stereocenters. The first-order valence-corrected chi connectivity index (χ1v) is 5.19. The molecule has 1 heterocycles. The number of pyridine rings is 1. The molecule has 0 aliphatic rings. The van der Waals surface area contributed by atoms with Gasteiger partial charge in [0.25, 0.3) is 5.56 Å². The molecule has 0 aliphatic heterocycles. The smallest absolute Gasteiger partial charge is 0.338 e. The van der Waals surface area contributed by atoms with Gasteiger partial charge in [-0.3, -0.25) is 4.79 Å². The average molecular weight is 241 g/mol. The third-order valence-corrected chi connectivity index (χ3v) is 2.28. The van der Waals surface area contributed by atoms with Crippen molar-refractivity contribution in [3.05, 3.63) is 33.7 Å². The molecule has 0 saturated carbocycles. The van der Waals surface area contributed by atoms with Crippen LogP contribution in [0.3, 0.4) is 0 Å². The van der Waals surface area contributed by atoms with E-state index in [1.54, 1.807) is 13.8 Å². The van der Waals surface area contributed by atoms with Crippen molar-refractivity contribution in [2.75, 3.05) is 6.61 Å². The van der Waals surface area contributed by atoms with Crippen LogP contribution >= 0.6 is 0 Å². The Kier molecular flexibility index (Phi) is 4.42. The maximum Gasteiger partial charge on any atom is 0.338 e. The van der Waals surface area contributed by atoms with Crippen molar-refractivity contribution in [1.29, 1.82) is 0 Å². The summed E-state index contributed by atoms with van der Waals surface area (Å²) in [5, 5.41) is 19.2. The standard InChI is InChI=1S/C11H15NO5/c1-3-17-11(16)9(14)8(13)7-4-6(2)10(15)12-5-7/h4-5,8-9,13-14H,3H2,1-2H3,(H,12,15). The topological polar surface area (TPSA) is 99.6 Å². The van der Waals surface area contributed by atoms with Crippen LogP contribution in [-0.4, -0.2) is 33.9 Å². The summed E-state index contributed by atoms with van der Waals surface area (Å²) in [6.45, 7) is 3.28. The SMILES string of the molecule is CCOC(=O)C(O)C(O)c1c[nH]c(=O)c(C)c1. The summed E-state index contributed by atoms with van der Waals surface area (Å²) in [5.41, 5.74) is 0.354. The van der Waals surface area contributed by atoms with E-state index in [2.05, 4.69) is 9.72 Å². The van der Waals surface area contributed by atoms with Crippen LogP contribution in [0.4, 0.5) is 0 Å². The number of hydrogen-bond donors (Lipinski definition) is 3. The summed E-state index contributed by atoms with van der Waals surface area (Å²) in [4.78, 5) is 24.7. The van der Waals surface area contributed by atoms with Crippen LogP contribution < -0.4 is 5.56 Å². The first kappa shape index (κ1) is 13.4. The molecule has 0 aromatic carbocycles. The predicted octanol–water partition coefficient (Wildman–Crippen LogP) is -0.359. The van der Waals surface area contributed by atoms with Crippen molar-refractivity contribution in [1.82, 2.24) is 4.98 Å². The van der Waals surface area contributed by atoms with Crippen LogP contribution in [0.2, 0.25) is 0 Å². The van der Waals surface area contributed by atoms with Gasteiger partial charge in [-0.25, -0.2) is 4.79 Å². The Morgan fingerprint density at radius 2 is 2.18 bits per heavy atom. The molecular formula is C11H15NO5. The van der Waals surface area contributed by atoms with Crippen molar-refractivity contribution in [3.8, 4) is 0 Å². The lowest BCUT2D eigenvalue weighted by molar-refractivity contribution is -0.159. The molecular weight excluding hydrogens is 226 g/mol. The zero-order valence-corrected chi connectivity index (χ0v) is 9.64. The van der Waals surface area contributed by atoms with Crippen LogP contribution in [0.15, 0.2) is 17.1 Å². The number of aromatic nitrogens is 1. The van der Waals surface area contributed by atoms with Gasteiger partial charge in [0.1, 0.15) is 6.10 Å². The third kappa shape index (κ3) is 3.15. The number of esters is 1. The highest BCUT2D eigenvalue weighted by molar-refractivity contribution is 5.75. The molecule has 3 N–H and O–H groups in total. The molecule has 0 fully saturated rings. The molecule has 6 nitrogen and oxygen atoms in total. The van der Waals surface area contributed by atoms with E-state index in [9.17, 15) is 19.8 Å². The van der Waals surface area contributed by atoms with Gasteiger partial charge in [-0.05, 0) is 19.9 Å². The molecule has 0 aliphatic carbocycles. The molecule has 6 heteroatoms. The predicted molar refractivity (Wildman–Crippen MR) is 59.4 cm³/mol. The van der Waals surface area contributed by atoms with E-state index in [-0.39, 0.29) is 17.7 Å². The average Bonchev–Trinajstić information content (AvgIpc) is 2.31. The first-order valence-electron chi connectivity index (χ1n) is 5.19. The van der Waals surface area contributed by atoms with E-state index in [1.807, 2.05) is 0 Å². The van der Waals surface area contributed by atoms with Gasteiger partial charge in [0.2, 0.25) is 0 Å². The molecule has 0 radical (unpaired) electrons. The van der Waals surface area contributed by atoms with Gasteiger partial charge >= 0.3 is 5.97 Å². The van der Waals surface area contributed by atoms with Crippen molar-refractivity contribution >= 4 is 5.97 Å². The highest BCUT2D eigenvalue weighted by Gasteiger charge is 2.27. The second kappa shape index (κ2) is 5.60. The summed E-state index contributed by atoms with van der Waals surface area (Å²) in [6.07, 6.45) is -1.84. The zero-order chi connectivity index (χ0) is 13.0. The van der Waals surface area contributed by atoms with E-state index in [0.29, 0.717) is 5.56 Å². The lowest BCUT2D eigenvalue weighted by atomic mass is 10.1. The van der Waals surface area contributed by atoms with Crippen LogP contribution in [0.1, 0.15) is 24.2 Å². The molecule has 94 valence electrons. The first-order chi connectivity index (χ1) is 7.97. The number of aliphatic hydroxyl groups excluding tert-OH is 2. The maximum atomic E-state index is 11.2. The quantitative estimate of drug-likeness (QED) is 0.625. The maximum absolute atomic E-state index is 11.2. The second-order valence-corrected chi connectivity index (χ2v) is 3.59. The minimum Gasteiger partial charge on any atom is -0.464 e. The Hall–Kier alpha value is -1.66. The van der Waals surface area contributed by atoms with Crippen LogP contribution in [0, 0.1) is 6.92 Å². The number of aryl methyl sites for hydroxylation is 1. The largest absolute Gasteiger partial charge is 0.464 e. The number of rotatable bonds is 4. The number of nitrogens with one attached hydrogen (secondary N) is 1. The van der Waals surface area contributed by atoms with Gasteiger partial charge in [0, 0.05) is 17.3 Å². The molecule has 1 aromatic heterocycles. The summed E-state index contributed by atoms with van der Waals surface area (Å²) >= 11 is 0. The minimum absolute atomic E-state index is 0.118. The van der Waals surface area contributed by atoms with Gasteiger partial charge in [0.05, 0.1) is 6.61 Å². The van der Waals surface area contributed by atoms with E-state index in [4.69, 9.17) is 0 Å². The molecule has 0 amide bonds. The third-order valence-electron chi connectivity index (χ3n) is 2.28. The Labute approximate surface area is 97.9 Å². The highest BCUT2D eigenvalue weighted by Crippen LogP contribution is 2.16. The molecule has 0 bridgehead atoms. The van der Waals surface area contributed by atoms with Gasteiger partial charge in [-0.15, -0.1) is 0 Å². The number of H-pyrrole nitrogens is 1. The summed E-state index contributed by atoms with van der Waals surface area (Å²) in [5.74, 6) is -0.899. The molecule has 1 aromatic rings. The Morgan fingerprint density at radius 1 is 1.53 bits per heavy atom. The van der Waals surface area contributed by atoms with Crippen LogP contribution in [0.25, 0.3) is 0 Å². The zero-order valence-electron chi connectivity index (χ0n) is 9.64. The lowest BCUT2D eigenvalue weighted by Gasteiger charge is -2.16. The molecule has 17 heavy (non-hydrogen) atoms. The minimum atomic E-state index is -1.67. The Morgan fingerprint density at radius 3 is 2.71 bits per heavy atom. The number of carbonyl (C=O) groups excluding carboxylic acids is 1. The number of ether oxygens (including phenoxy) is 1. The summed E-state index contributed by atoms with van der Waals surface area (Å²) < 4.78 is 4.58. The summed E-state index contributed by atoms with van der Waals surface area (Å²) in [7, 11) is 0. The van der Waals surface area contributed by atoms with Crippen molar-refractivity contribution < 1.29 is 19.7 Å². The van der Waals surface area contributed by atoms with E-state index in [0.717, 1.165) is 0 Å². The summed E-state index contributed by atoms with van der Waals surface area (Å²) in [6, 6.07) is 1.41. The van der Waals surface area contributed by atoms with Gasteiger partial charge in [-0.2, -0.15) is 0 Å².